The van der Waals surface area contributed by atoms with E-state index in [4.69, 9.17) is 0 Å². The van der Waals surface area contributed by atoms with Crippen LogP contribution in [0.25, 0.3) is 0 Å². The van der Waals surface area contributed by atoms with E-state index in [0.717, 1.165) is 25.9 Å². The van der Waals surface area contributed by atoms with Gasteiger partial charge >= 0.3 is 0 Å². The van der Waals surface area contributed by atoms with Crippen LogP contribution in [-0.2, 0) is 13.1 Å². The Morgan fingerprint density at radius 1 is 0.571 bits per heavy atom. The first-order chi connectivity index (χ1) is 13.8. The summed E-state index contributed by atoms with van der Waals surface area (Å²) in [4.78, 5) is 0. The molecule has 0 aliphatic carbocycles. The molecule has 0 aliphatic heterocycles. The first kappa shape index (κ1) is 20.3. The second kappa shape index (κ2) is 10.8. The van der Waals surface area contributed by atoms with Crippen molar-refractivity contribution in [2.75, 3.05) is 0 Å². The Balaban J connectivity index is 1.57. The van der Waals surface area contributed by atoms with Gasteiger partial charge < -0.3 is 10.6 Å². The zero-order valence-corrected chi connectivity index (χ0v) is 17.1. The molecule has 0 bridgehead atoms. The molecule has 2 N–H and O–H groups in total. The average Bonchev–Trinajstić information content (AvgIpc) is 2.76. The summed E-state index contributed by atoms with van der Waals surface area (Å²) in [6, 6.07) is 31.1. The van der Waals surface area contributed by atoms with Crippen LogP contribution in [-0.4, -0.2) is 0 Å². The predicted molar refractivity (Wildman–Crippen MR) is 119 cm³/mol. The molecule has 0 heterocycles. The SMILES string of the molecule is CCC(NCc1cccc(CNC(CC)c2ccccc2)c1)c1ccccc1. The molecule has 2 unspecified atom stereocenters. The number of hydrogen-bond donors (Lipinski definition) is 2. The van der Waals surface area contributed by atoms with Gasteiger partial charge in [0, 0.05) is 25.2 Å². The molecule has 0 radical (unpaired) electrons. The second-order valence-electron chi connectivity index (χ2n) is 7.32. The van der Waals surface area contributed by atoms with E-state index in [2.05, 4.69) is 109 Å². The van der Waals surface area contributed by atoms with Crippen molar-refractivity contribution in [3.05, 3.63) is 107 Å². The van der Waals surface area contributed by atoms with Crippen molar-refractivity contribution in [3.63, 3.8) is 0 Å². The standard InChI is InChI=1S/C26H32N2/c1-3-25(23-14-7-5-8-15-23)27-19-21-12-11-13-22(18-21)20-28-26(4-2)24-16-9-6-10-17-24/h5-18,25-28H,3-4,19-20H2,1-2H3. The van der Waals surface area contributed by atoms with E-state index < -0.39 is 0 Å². The Bertz CT molecular complexity index is 747. The zero-order valence-electron chi connectivity index (χ0n) is 17.1. The van der Waals surface area contributed by atoms with Gasteiger partial charge in [-0.2, -0.15) is 0 Å². The van der Waals surface area contributed by atoms with Crippen LogP contribution in [0.1, 0.15) is 61.0 Å². The third-order valence-electron chi connectivity index (χ3n) is 5.32. The molecule has 0 spiro atoms. The fraction of sp³-hybridized carbons (Fsp3) is 0.308. The topological polar surface area (TPSA) is 24.1 Å². The minimum absolute atomic E-state index is 0.394. The molecule has 28 heavy (non-hydrogen) atoms. The molecule has 3 aromatic carbocycles. The molecular formula is C26H32N2. The zero-order chi connectivity index (χ0) is 19.6. The number of nitrogens with one attached hydrogen (secondary N) is 2. The molecule has 2 nitrogen and oxygen atoms in total. The van der Waals surface area contributed by atoms with E-state index in [1.165, 1.54) is 22.3 Å². The van der Waals surface area contributed by atoms with Gasteiger partial charge in [0.05, 0.1) is 0 Å². The predicted octanol–water partition coefficient (Wildman–Crippen LogP) is 6.17. The highest BCUT2D eigenvalue weighted by Gasteiger charge is 2.10. The normalized spacial score (nSPS) is 13.2. The maximum Gasteiger partial charge on any atom is 0.0320 e. The minimum atomic E-state index is 0.394. The van der Waals surface area contributed by atoms with Crippen molar-refractivity contribution in [1.29, 1.82) is 0 Å². The lowest BCUT2D eigenvalue weighted by molar-refractivity contribution is 0.514. The number of hydrogen-bond acceptors (Lipinski definition) is 2. The Morgan fingerprint density at radius 3 is 1.39 bits per heavy atom. The molecule has 0 aromatic heterocycles. The highest BCUT2D eigenvalue weighted by Crippen LogP contribution is 2.19. The molecule has 2 heteroatoms. The molecule has 0 fully saturated rings. The maximum absolute atomic E-state index is 3.71. The van der Waals surface area contributed by atoms with Crippen molar-refractivity contribution < 1.29 is 0 Å². The van der Waals surface area contributed by atoms with Gasteiger partial charge in [0.2, 0.25) is 0 Å². The molecule has 0 saturated heterocycles. The Kier molecular flexibility index (Phi) is 7.83. The largest absolute Gasteiger partial charge is 0.306 e. The summed E-state index contributed by atoms with van der Waals surface area (Å²) in [5, 5.41) is 7.42. The lowest BCUT2D eigenvalue weighted by atomic mass is 10.0. The van der Waals surface area contributed by atoms with E-state index in [0.29, 0.717) is 12.1 Å². The van der Waals surface area contributed by atoms with Gasteiger partial charge in [0.25, 0.3) is 0 Å². The maximum atomic E-state index is 3.71. The number of rotatable bonds is 10. The van der Waals surface area contributed by atoms with Gasteiger partial charge in [0.15, 0.2) is 0 Å². The first-order valence-electron chi connectivity index (χ1n) is 10.4. The fourth-order valence-electron chi connectivity index (χ4n) is 3.70. The molecule has 146 valence electrons. The summed E-state index contributed by atoms with van der Waals surface area (Å²) >= 11 is 0. The third kappa shape index (κ3) is 5.79. The second-order valence-corrected chi connectivity index (χ2v) is 7.32. The van der Waals surface area contributed by atoms with Crippen LogP contribution in [0, 0.1) is 0 Å². The van der Waals surface area contributed by atoms with Crippen LogP contribution < -0.4 is 10.6 Å². The van der Waals surface area contributed by atoms with Crippen molar-refractivity contribution >= 4 is 0 Å². The third-order valence-corrected chi connectivity index (χ3v) is 5.32. The number of benzene rings is 3. The Morgan fingerprint density at radius 2 is 1.00 bits per heavy atom. The van der Waals surface area contributed by atoms with Crippen molar-refractivity contribution in [1.82, 2.24) is 10.6 Å². The summed E-state index contributed by atoms with van der Waals surface area (Å²) in [6.07, 6.45) is 2.17. The Labute approximate surface area is 170 Å². The van der Waals surface area contributed by atoms with Crippen LogP contribution >= 0.6 is 0 Å². The highest BCUT2D eigenvalue weighted by molar-refractivity contribution is 5.25. The van der Waals surface area contributed by atoms with E-state index in [9.17, 15) is 0 Å². The molecular weight excluding hydrogens is 340 g/mol. The van der Waals surface area contributed by atoms with Gasteiger partial charge in [-0.1, -0.05) is 98.8 Å². The van der Waals surface area contributed by atoms with Gasteiger partial charge in [-0.15, -0.1) is 0 Å². The van der Waals surface area contributed by atoms with Crippen LogP contribution in [0.2, 0.25) is 0 Å². The Hall–Kier alpha value is -2.42. The van der Waals surface area contributed by atoms with Crippen LogP contribution in [0.3, 0.4) is 0 Å². The van der Waals surface area contributed by atoms with Crippen molar-refractivity contribution in [2.45, 2.75) is 51.9 Å². The smallest absolute Gasteiger partial charge is 0.0320 e. The molecule has 3 aromatic rings. The molecule has 3 rings (SSSR count). The van der Waals surface area contributed by atoms with Crippen LogP contribution in [0.4, 0.5) is 0 Å². The van der Waals surface area contributed by atoms with Gasteiger partial charge in [-0.3, -0.25) is 0 Å². The van der Waals surface area contributed by atoms with Gasteiger partial charge in [0.1, 0.15) is 0 Å². The summed E-state index contributed by atoms with van der Waals surface area (Å²) < 4.78 is 0. The van der Waals surface area contributed by atoms with Crippen molar-refractivity contribution in [3.8, 4) is 0 Å². The van der Waals surface area contributed by atoms with Crippen LogP contribution in [0.5, 0.6) is 0 Å². The molecule has 2 atom stereocenters. The summed E-state index contributed by atoms with van der Waals surface area (Å²) in [6.45, 7) is 6.24. The summed E-state index contributed by atoms with van der Waals surface area (Å²) in [7, 11) is 0. The van der Waals surface area contributed by atoms with Crippen molar-refractivity contribution in [2.24, 2.45) is 0 Å². The summed E-state index contributed by atoms with van der Waals surface area (Å²) in [5.74, 6) is 0. The van der Waals surface area contributed by atoms with Gasteiger partial charge in [-0.25, -0.2) is 0 Å². The molecule has 0 amide bonds. The van der Waals surface area contributed by atoms with E-state index in [1.807, 2.05) is 0 Å². The van der Waals surface area contributed by atoms with Gasteiger partial charge in [-0.05, 0) is 35.1 Å². The van der Waals surface area contributed by atoms with Crippen LogP contribution in [0.15, 0.2) is 84.9 Å². The monoisotopic (exact) mass is 372 g/mol. The first-order valence-corrected chi connectivity index (χ1v) is 10.4. The molecule has 0 aliphatic rings. The molecule has 0 saturated carbocycles. The minimum Gasteiger partial charge on any atom is -0.306 e. The highest BCUT2D eigenvalue weighted by atomic mass is 14.9. The lowest BCUT2D eigenvalue weighted by Crippen LogP contribution is -2.21. The summed E-state index contributed by atoms with van der Waals surface area (Å²) in [5.41, 5.74) is 5.39. The lowest BCUT2D eigenvalue weighted by Gasteiger charge is -2.19. The fourth-order valence-corrected chi connectivity index (χ4v) is 3.70. The quantitative estimate of drug-likeness (QED) is 0.445. The van der Waals surface area contributed by atoms with E-state index in [1.54, 1.807) is 0 Å². The van der Waals surface area contributed by atoms with E-state index in [-0.39, 0.29) is 0 Å². The average molecular weight is 373 g/mol. The van der Waals surface area contributed by atoms with E-state index >= 15 is 0 Å².